The zero-order valence-corrected chi connectivity index (χ0v) is 8.26. The molecule has 15 heavy (non-hydrogen) atoms. The van der Waals surface area contributed by atoms with E-state index in [1.807, 2.05) is 0 Å². The first-order valence-corrected chi connectivity index (χ1v) is 4.26. The van der Waals surface area contributed by atoms with Gasteiger partial charge >= 0.3 is 5.97 Å². The molecule has 0 aromatic carbocycles. The second-order valence-corrected chi connectivity index (χ2v) is 3.04. The highest BCUT2D eigenvalue weighted by molar-refractivity contribution is 5.90. The molecule has 0 bridgehead atoms. The van der Waals surface area contributed by atoms with Crippen LogP contribution < -0.4 is 4.74 Å². The molecular weight excluding hydrogens is 198 g/mol. The first-order valence-electron chi connectivity index (χ1n) is 4.26. The number of ether oxygens (including phenoxy) is 1. The smallest absolute Gasteiger partial charge is 0.342 e. The molecule has 0 radical (unpaired) electrons. The molecule has 6 heteroatoms. The van der Waals surface area contributed by atoms with Gasteiger partial charge in [0, 0.05) is 12.3 Å². The summed E-state index contributed by atoms with van der Waals surface area (Å²) in [5.74, 6) is -0.907. The van der Waals surface area contributed by atoms with E-state index in [1.165, 1.54) is 17.8 Å². The van der Waals surface area contributed by atoms with Gasteiger partial charge in [-0.05, 0) is 6.92 Å². The first-order chi connectivity index (χ1) is 7.13. The molecule has 1 N–H and O–H groups in total. The van der Waals surface area contributed by atoms with Crippen molar-refractivity contribution in [1.29, 1.82) is 0 Å². The van der Waals surface area contributed by atoms with E-state index in [4.69, 9.17) is 9.84 Å². The van der Waals surface area contributed by atoms with Crippen molar-refractivity contribution >= 4 is 11.6 Å². The summed E-state index contributed by atoms with van der Waals surface area (Å²) in [4.78, 5) is 14.8. The van der Waals surface area contributed by atoms with Crippen molar-refractivity contribution in [3.05, 3.63) is 23.5 Å². The molecule has 0 saturated heterocycles. The third-order valence-electron chi connectivity index (χ3n) is 1.99. The molecule has 2 heterocycles. The SMILES string of the molecule is COc1c(C(=O)O)cnc2cc(C)nn12. The lowest BCUT2D eigenvalue weighted by atomic mass is 10.3. The van der Waals surface area contributed by atoms with E-state index in [0.717, 1.165) is 5.69 Å². The molecule has 0 fully saturated rings. The Morgan fingerprint density at radius 3 is 2.93 bits per heavy atom. The van der Waals surface area contributed by atoms with Gasteiger partial charge in [-0.1, -0.05) is 0 Å². The summed E-state index contributed by atoms with van der Waals surface area (Å²) in [5, 5.41) is 13.0. The Balaban J connectivity index is 2.80. The van der Waals surface area contributed by atoms with Crippen molar-refractivity contribution in [2.75, 3.05) is 7.11 Å². The minimum atomic E-state index is -1.09. The van der Waals surface area contributed by atoms with E-state index in [2.05, 4.69) is 10.1 Å². The molecule has 2 rings (SSSR count). The summed E-state index contributed by atoms with van der Waals surface area (Å²) in [6, 6.07) is 1.74. The third kappa shape index (κ3) is 1.39. The second-order valence-electron chi connectivity index (χ2n) is 3.04. The van der Waals surface area contributed by atoms with Crippen molar-refractivity contribution < 1.29 is 14.6 Å². The van der Waals surface area contributed by atoms with Crippen LogP contribution in [-0.4, -0.2) is 32.8 Å². The van der Waals surface area contributed by atoms with Crippen molar-refractivity contribution in [3.8, 4) is 5.88 Å². The normalized spacial score (nSPS) is 10.5. The minimum Gasteiger partial charge on any atom is -0.480 e. The summed E-state index contributed by atoms with van der Waals surface area (Å²) in [6.45, 7) is 1.80. The van der Waals surface area contributed by atoms with E-state index in [1.54, 1.807) is 13.0 Å². The van der Waals surface area contributed by atoms with Gasteiger partial charge in [-0.3, -0.25) is 0 Å². The molecule has 0 aliphatic heterocycles. The van der Waals surface area contributed by atoms with Crippen LogP contribution in [0.1, 0.15) is 16.1 Å². The number of aryl methyl sites for hydroxylation is 1. The molecule has 78 valence electrons. The number of carbonyl (C=O) groups is 1. The second kappa shape index (κ2) is 3.23. The van der Waals surface area contributed by atoms with Gasteiger partial charge in [-0.15, -0.1) is 0 Å². The number of hydrogen-bond acceptors (Lipinski definition) is 4. The Hall–Kier alpha value is -2.11. The number of rotatable bonds is 2. The maximum atomic E-state index is 10.9. The van der Waals surface area contributed by atoms with Crippen LogP contribution in [0.2, 0.25) is 0 Å². The average Bonchev–Trinajstić information content (AvgIpc) is 2.55. The zero-order valence-electron chi connectivity index (χ0n) is 8.26. The predicted octanol–water partition coefficient (Wildman–Crippen LogP) is 0.745. The van der Waals surface area contributed by atoms with Crippen LogP contribution in [0, 0.1) is 6.92 Å². The van der Waals surface area contributed by atoms with Gasteiger partial charge in [0.15, 0.2) is 5.65 Å². The van der Waals surface area contributed by atoms with Crippen molar-refractivity contribution in [3.63, 3.8) is 0 Å². The Kier molecular flexibility index (Phi) is 2.03. The fourth-order valence-electron chi connectivity index (χ4n) is 1.37. The van der Waals surface area contributed by atoms with E-state index >= 15 is 0 Å². The predicted molar refractivity (Wildman–Crippen MR) is 51.2 cm³/mol. The number of methoxy groups -OCH3 is 1. The van der Waals surface area contributed by atoms with E-state index in [9.17, 15) is 4.79 Å². The van der Waals surface area contributed by atoms with Gasteiger partial charge < -0.3 is 9.84 Å². The van der Waals surface area contributed by atoms with Crippen LogP contribution in [0.25, 0.3) is 5.65 Å². The number of aromatic nitrogens is 3. The first kappa shape index (κ1) is 9.45. The number of aromatic carboxylic acids is 1. The monoisotopic (exact) mass is 207 g/mol. The van der Waals surface area contributed by atoms with Crippen LogP contribution in [0.4, 0.5) is 0 Å². The largest absolute Gasteiger partial charge is 0.480 e. The highest BCUT2D eigenvalue weighted by Crippen LogP contribution is 2.18. The minimum absolute atomic E-state index is 0.00639. The Bertz CT molecular complexity index is 533. The molecule has 0 saturated carbocycles. The lowest BCUT2D eigenvalue weighted by molar-refractivity contribution is 0.0691. The fraction of sp³-hybridized carbons (Fsp3) is 0.222. The molecule has 2 aromatic rings. The maximum absolute atomic E-state index is 10.9. The molecule has 0 atom stereocenters. The molecule has 6 nitrogen and oxygen atoms in total. The maximum Gasteiger partial charge on any atom is 0.342 e. The Morgan fingerprint density at radius 1 is 1.60 bits per heavy atom. The van der Waals surface area contributed by atoms with E-state index in [-0.39, 0.29) is 11.4 Å². The molecular formula is C9H9N3O3. The Morgan fingerprint density at radius 2 is 2.33 bits per heavy atom. The number of fused-ring (bicyclic) bond motifs is 1. The Labute approximate surface area is 85.1 Å². The summed E-state index contributed by atoms with van der Waals surface area (Å²) in [5.41, 5.74) is 1.31. The fourth-order valence-corrected chi connectivity index (χ4v) is 1.37. The summed E-state index contributed by atoms with van der Waals surface area (Å²) >= 11 is 0. The van der Waals surface area contributed by atoms with Crippen LogP contribution in [0.3, 0.4) is 0 Å². The highest BCUT2D eigenvalue weighted by atomic mass is 16.5. The topological polar surface area (TPSA) is 76.7 Å². The number of carboxylic acid groups (broad SMARTS) is 1. The van der Waals surface area contributed by atoms with Gasteiger partial charge in [0.05, 0.1) is 12.8 Å². The molecule has 0 unspecified atom stereocenters. The van der Waals surface area contributed by atoms with Crippen LogP contribution in [0.15, 0.2) is 12.3 Å². The summed E-state index contributed by atoms with van der Waals surface area (Å²) in [7, 11) is 1.40. The van der Waals surface area contributed by atoms with Gasteiger partial charge in [-0.2, -0.15) is 9.61 Å². The molecule has 0 amide bonds. The van der Waals surface area contributed by atoms with Crippen molar-refractivity contribution in [2.45, 2.75) is 6.92 Å². The van der Waals surface area contributed by atoms with Gasteiger partial charge in [0.1, 0.15) is 5.56 Å². The van der Waals surface area contributed by atoms with Crippen LogP contribution in [0.5, 0.6) is 5.88 Å². The highest BCUT2D eigenvalue weighted by Gasteiger charge is 2.16. The average molecular weight is 207 g/mol. The lowest BCUT2D eigenvalue weighted by Gasteiger charge is -2.05. The summed E-state index contributed by atoms with van der Waals surface area (Å²) < 4.78 is 6.39. The van der Waals surface area contributed by atoms with E-state index < -0.39 is 5.97 Å². The molecule has 0 aliphatic rings. The lowest BCUT2D eigenvalue weighted by Crippen LogP contribution is -2.07. The van der Waals surface area contributed by atoms with Gasteiger partial charge in [0.2, 0.25) is 5.88 Å². The standard InChI is InChI=1S/C9H9N3O3/c1-5-3-7-10-4-6(9(13)14)8(15-2)12(7)11-5/h3-4H,1-2H3,(H,13,14). The molecule has 2 aromatic heterocycles. The van der Waals surface area contributed by atoms with Crippen molar-refractivity contribution in [2.24, 2.45) is 0 Å². The summed E-state index contributed by atoms with van der Waals surface area (Å²) in [6.07, 6.45) is 1.26. The quantitative estimate of drug-likeness (QED) is 0.786. The number of carboxylic acids is 1. The third-order valence-corrected chi connectivity index (χ3v) is 1.99. The zero-order chi connectivity index (χ0) is 11.0. The number of hydrogen-bond donors (Lipinski definition) is 1. The number of nitrogens with zero attached hydrogens (tertiary/aromatic N) is 3. The van der Waals surface area contributed by atoms with Crippen LogP contribution in [-0.2, 0) is 0 Å². The molecule has 0 spiro atoms. The van der Waals surface area contributed by atoms with Gasteiger partial charge in [0.25, 0.3) is 0 Å². The molecule has 0 aliphatic carbocycles. The van der Waals surface area contributed by atoms with E-state index in [0.29, 0.717) is 5.65 Å². The van der Waals surface area contributed by atoms with Gasteiger partial charge in [-0.25, -0.2) is 9.78 Å². The van der Waals surface area contributed by atoms with Crippen LogP contribution >= 0.6 is 0 Å². The van der Waals surface area contributed by atoms with Crippen molar-refractivity contribution in [1.82, 2.24) is 14.6 Å².